The van der Waals surface area contributed by atoms with Crippen LogP contribution in [0.5, 0.6) is 0 Å². The van der Waals surface area contributed by atoms with Crippen molar-refractivity contribution in [2.75, 3.05) is 20.1 Å². The van der Waals surface area contributed by atoms with Gasteiger partial charge in [0.25, 0.3) is 5.91 Å². The Morgan fingerprint density at radius 1 is 1.17 bits per heavy atom. The lowest BCUT2D eigenvalue weighted by atomic mass is 9.96. The number of aryl methyl sites for hydroxylation is 1. The fraction of sp³-hybridized carbons (Fsp3) is 0.556. The molecule has 0 unspecified atom stereocenters. The number of hydrogen-bond donors (Lipinski definition) is 3. The first-order valence-electron chi connectivity index (χ1n) is 8.51. The van der Waals surface area contributed by atoms with Crippen LogP contribution in [0.2, 0.25) is 0 Å². The summed E-state index contributed by atoms with van der Waals surface area (Å²) >= 11 is 0. The van der Waals surface area contributed by atoms with Crippen LogP contribution in [0.15, 0.2) is 29.3 Å². The van der Waals surface area contributed by atoms with E-state index in [1.807, 2.05) is 31.2 Å². The summed E-state index contributed by atoms with van der Waals surface area (Å²) in [7, 11) is 1.78. The molecule has 0 bridgehead atoms. The zero-order valence-electron chi connectivity index (χ0n) is 14.6. The Balaban J connectivity index is 0.00000288. The van der Waals surface area contributed by atoms with Crippen molar-refractivity contribution in [3.8, 4) is 0 Å². The molecule has 2 rings (SSSR count). The maximum absolute atomic E-state index is 12.0. The summed E-state index contributed by atoms with van der Waals surface area (Å²) in [6.45, 7) is 3.21. The fourth-order valence-electron chi connectivity index (χ4n) is 2.88. The van der Waals surface area contributed by atoms with Crippen LogP contribution in [-0.2, 0) is 0 Å². The van der Waals surface area contributed by atoms with Gasteiger partial charge in [-0.15, -0.1) is 24.0 Å². The molecule has 1 fully saturated rings. The van der Waals surface area contributed by atoms with Crippen molar-refractivity contribution in [1.29, 1.82) is 0 Å². The van der Waals surface area contributed by atoms with E-state index < -0.39 is 0 Å². The highest BCUT2D eigenvalue weighted by Crippen LogP contribution is 2.17. The number of carbonyl (C=O) groups is 1. The molecule has 6 heteroatoms. The van der Waals surface area contributed by atoms with Gasteiger partial charge in [0, 0.05) is 31.7 Å². The zero-order valence-corrected chi connectivity index (χ0v) is 16.9. The van der Waals surface area contributed by atoms with E-state index in [9.17, 15) is 4.79 Å². The Bertz CT molecular complexity index is 542. The quantitative estimate of drug-likeness (QED) is 0.283. The first kappa shape index (κ1) is 20.7. The predicted octanol–water partition coefficient (Wildman–Crippen LogP) is 2.84. The Morgan fingerprint density at radius 2 is 1.88 bits per heavy atom. The van der Waals surface area contributed by atoms with E-state index in [2.05, 4.69) is 20.9 Å². The van der Waals surface area contributed by atoms with E-state index in [0.29, 0.717) is 24.7 Å². The molecule has 1 aromatic rings. The van der Waals surface area contributed by atoms with E-state index in [-0.39, 0.29) is 29.9 Å². The lowest BCUT2D eigenvalue weighted by Gasteiger charge is -2.24. The van der Waals surface area contributed by atoms with Crippen molar-refractivity contribution < 1.29 is 4.79 Å². The van der Waals surface area contributed by atoms with Crippen LogP contribution in [0.1, 0.15) is 48.0 Å². The van der Waals surface area contributed by atoms with E-state index in [0.717, 1.165) is 11.5 Å². The number of nitrogens with zero attached hydrogens (tertiary/aromatic N) is 1. The number of hydrogen-bond acceptors (Lipinski definition) is 2. The standard InChI is InChI=1S/C18H28N4O.HI/c1-14-7-6-8-15(13-14)17(23)20-11-12-21-18(19-2)22-16-9-4-3-5-10-16;/h6-8,13,16H,3-5,9-12H2,1-2H3,(H,20,23)(H2,19,21,22);1H. The molecule has 3 N–H and O–H groups in total. The minimum atomic E-state index is -0.0364. The Hall–Kier alpha value is -1.31. The number of amides is 1. The highest BCUT2D eigenvalue weighted by molar-refractivity contribution is 14.0. The third-order valence-electron chi connectivity index (χ3n) is 4.15. The molecule has 0 aliphatic heterocycles. The first-order chi connectivity index (χ1) is 11.2. The number of rotatable bonds is 5. The largest absolute Gasteiger partial charge is 0.355 e. The number of aliphatic imine (C=N–C) groups is 1. The van der Waals surface area contributed by atoms with Gasteiger partial charge in [0.15, 0.2) is 5.96 Å². The lowest BCUT2D eigenvalue weighted by Crippen LogP contribution is -2.46. The molecule has 1 saturated carbocycles. The van der Waals surface area contributed by atoms with E-state index in [1.54, 1.807) is 7.05 Å². The highest BCUT2D eigenvalue weighted by atomic mass is 127. The molecule has 0 radical (unpaired) electrons. The van der Waals surface area contributed by atoms with Crippen LogP contribution in [-0.4, -0.2) is 38.0 Å². The molecule has 1 aliphatic carbocycles. The number of guanidine groups is 1. The smallest absolute Gasteiger partial charge is 0.251 e. The normalized spacial score (nSPS) is 15.3. The summed E-state index contributed by atoms with van der Waals surface area (Å²) in [6.07, 6.45) is 6.35. The van der Waals surface area contributed by atoms with Gasteiger partial charge in [0.1, 0.15) is 0 Å². The maximum Gasteiger partial charge on any atom is 0.251 e. The van der Waals surface area contributed by atoms with Crippen molar-refractivity contribution in [3.05, 3.63) is 35.4 Å². The van der Waals surface area contributed by atoms with Gasteiger partial charge in [-0.25, -0.2) is 0 Å². The molecule has 0 atom stereocenters. The second-order valence-electron chi connectivity index (χ2n) is 6.10. The van der Waals surface area contributed by atoms with Crippen LogP contribution in [0, 0.1) is 6.92 Å². The predicted molar refractivity (Wildman–Crippen MR) is 110 cm³/mol. The maximum atomic E-state index is 12.0. The molecule has 134 valence electrons. The van der Waals surface area contributed by atoms with Crippen molar-refractivity contribution in [3.63, 3.8) is 0 Å². The molecule has 5 nitrogen and oxygen atoms in total. The Labute approximate surface area is 162 Å². The number of halogens is 1. The van der Waals surface area contributed by atoms with Crippen molar-refractivity contribution in [2.45, 2.75) is 45.1 Å². The van der Waals surface area contributed by atoms with Crippen LogP contribution in [0.4, 0.5) is 0 Å². The van der Waals surface area contributed by atoms with E-state index >= 15 is 0 Å². The van der Waals surface area contributed by atoms with Gasteiger partial charge in [0.2, 0.25) is 0 Å². The van der Waals surface area contributed by atoms with Crippen LogP contribution >= 0.6 is 24.0 Å². The average Bonchev–Trinajstić information content (AvgIpc) is 2.58. The summed E-state index contributed by atoms with van der Waals surface area (Å²) in [5.74, 6) is 0.785. The van der Waals surface area contributed by atoms with Gasteiger partial charge in [-0.2, -0.15) is 0 Å². The zero-order chi connectivity index (χ0) is 16.5. The highest BCUT2D eigenvalue weighted by Gasteiger charge is 2.14. The number of carbonyl (C=O) groups excluding carboxylic acids is 1. The SMILES string of the molecule is CN=C(NCCNC(=O)c1cccc(C)c1)NC1CCCCC1.I. The summed E-state index contributed by atoms with van der Waals surface area (Å²) in [6, 6.07) is 8.14. The Morgan fingerprint density at radius 3 is 2.54 bits per heavy atom. The topological polar surface area (TPSA) is 65.5 Å². The van der Waals surface area contributed by atoms with Crippen molar-refractivity contribution >= 4 is 35.8 Å². The minimum Gasteiger partial charge on any atom is -0.355 e. The lowest BCUT2D eigenvalue weighted by molar-refractivity contribution is 0.0954. The summed E-state index contributed by atoms with van der Waals surface area (Å²) in [5, 5.41) is 9.64. The van der Waals surface area contributed by atoms with E-state index in [1.165, 1.54) is 32.1 Å². The molecular weight excluding hydrogens is 415 g/mol. The fourth-order valence-corrected chi connectivity index (χ4v) is 2.88. The number of nitrogens with one attached hydrogen (secondary N) is 3. The third-order valence-corrected chi connectivity index (χ3v) is 4.15. The second kappa shape index (κ2) is 11.3. The molecule has 0 aromatic heterocycles. The van der Waals surface area contributed by atoms with Gasteiger partial charge >= 0.3 is 0 Å². The third kappa shape index (κ3) is 7.07. The molecule has 24 heavy (non-hydrogen) atoms. The minimum absolute atomic E-state index is 0. The molecule has 1 amide bonds. The summed E-state index contributed by atoms with van der Waals surface area (Å²) in [5.41, 5.74) is 1.79. The summed E-state index contributed by atoms with van der Waals surface area (Å²) in [4.78, 5) is 16.3. The molecule has 0 heterocycles. The van der Waals surface area contributed by atoms with Gasteiger partial charge in [-0.3, -0.25) is 9.79 Å². The van der Waals surface area contributed by atoms with Gasteiger partial charge in [-0.1, -0.05) is 37.0 Å². The van der Waals surface area contributed by atoms with Gasteiger partial charge in [-0.05, 0) is 31.9 Å². The van der Waals surface area contributed by atoms with Crippen LogP contribution < -0.4 is 16.0 Å². The molecular formula is C18H29IN4O. The molecule has 0 spiro atoms. The Kier molecular flexibility index (Phi) is 9.75. The van der Waals surface area contributed by atoms with Gasteiger partial charge in [0.05, 0.1) is 0 Å². The summed E-state index contributed by atoms with van der Waals surface area (Å²) < 4.78 is 0. The van der Waals surface area contributed by atoms with Crippen molar-refractivity contribution in [2.24, 2.45) is 4.99 Å². The molecule has 1 aliphatic rings. The first-order valence-corrected chi connectivity index (χ1v) is 8.51. The second-order valence-corrected chi connectivity index (χ2v) is 6.10. The molecule has 1 aromatic carbocycles. The van der Waals surface area contributed by atoms with Crippen LogP contribution in [0.3, 0.4) is 0 Å². The molecule has 0 saturated heterocycles. The van der Waals surface area contributed by atoms with Crippen LogP contribution in [0.25, 0.3) is 0 Å². The monoisotopic (exact) mass is 444 g/mol. The average molecular weight is 444 g/mol. The van der Waals surface area contributed by atoms with E-state index in [4.69, 9.17) is 0 Å². The van der Waals surface area contributed by atoms with Gasteiger partial charge < -0.3 is 16.0 Å². The number of benzene rings is 1. The van der Waals surface area contributed by atoms with Crippen molar-refractivity contribution in [1.82, 2.24) is 16.0 Å².